The van der Waals surface area contributed by atoms with Crippen LogP contribution < -0.4 is 5.19 Å². The molecule has 5 heteroatoms. The molecule has 0 amide bonds. The number of nitrogens with zero attached hydrogens (tertiary/aromatic N) is 2. The van der Waals surface area contributed by atoms with Crippen LogP contribution in [0, 0.1) is 26.0 Å². The van der Waals surface area contributed by atoms with Crippen molar-refractivity contribution in [2.24, 2.45) is 0 Å². The molecular formula is C39H34IrN2OSi-2. The third-order valence-corrected chi connectivity index (χ3v) is 9.75. The third-order valence-electron chi connectivity index (χ3n) is 7.61. The van der Waals surface area contributed by atoms with E-state index in [9.17, 15) is 0 Å². The molecule has 0 aliphatic rings. The van der Waals surface area contributed by atoms with E-state index in [1.165, 1.54) is 27.4 Å². The van der Waals surface area contributed by atoms with Gasteiger partial charge in [0, 0.05) is 37.9 Å². The number of hydrogen-bond acceptors (Lipinski definition) is 3. The Morgan fingerprint density at radius 2 is 1.48 bits per heavy atom. The summed E-state index contributed by atoms with van der Waals surface area (Å²) in [6.45, 7) is 11.3. The van der Waals surface area contributed by atoms with Crippen LogP contribution in [-0.4, -0.2) is 18.0 Å². The summed E-state index contributed by atoms with van der Waals surface area (Å²) in [5.41, 5.74) is 10.5. The predicted molar refractivity (Wildman–Crippen MR) is 182 cm³/mol. The van der Waals surface area contributed by atoms with Crippen LogP contribution in [0.4, 0.5) is 0 Å². The molecule has 0 aliphatic carbocycles. The Morgan fingerprint density at radius 3 is 2.18 bits per heavy atom. The number of hydrogen-bond donors (Lipinski definition) is 0. The van der Waals surface area contributed by atoms with E-state index in [4.69, 9.17) is 4.42 Å². The normalized spacial score (nSPS) is 11.1. The second kappa shape index (κ2) is 13.2. The maximum absolute atomic E-state index is 6.20. The molecule has 0 saturated carbocycles. The minimum Gasteiger partial charge on any atom is -0.501 e. The van der Waals surface area contributed by atoms with Gasteiger partial charge < -0.3 is 14.4 Å². The average molecular weight is 767 g/mol. The van der Waals surface area contributed by atoms with Gasteiger partial charge in [0.05, 0.1) is 13.7 Å². The Morgan fingerprint density at radius 1 is 0.682 bits per heavy atom. The summed E-state index contributed by atoms with van der Waals surface area (Å²) in [6.07, 6.45) is 3.88. The zero-order valence-electron chi connectivity index (χ0n) is 25.6. The molecule has 3 nitrogen and oxygen atoms in total. The van der Waals surface area contributed by atoms with Crippen molar-refractivity contribution in [1.29, 1.82) is 0 Å². The van der Waals surface area contributed by atoms with Gasteiger partial charge in [-0.2, -0.15) is 0 Å². The molecule has 4 aromatic carbocycles. The summed E-state index contributed by atoms with van der Waals surface area (Å²) in [6, 6.07) is 41.5. The quantitative estimate of drug-likeness (QED) is 0.132. The maximum atomic E-state index is 6.20. The SMILES string of the molecule is Cc1cc(-c2[c-]cccc2)ncc1[Si](C)(C)C.Cc1ccnc(-c2[c-]ccc3c2oc2ccc(-c4ccccc4)cc23)c1.[Ir]. The van der Waals surface area contributed by atoms with E-state index in [0.717, 1.165) is 44.5 Å². The summed E-state index contributed by atoms with van der Waals surface area (Å²) < 4.78 is 6.20. The Labute approximate surface area is 274 Å². The Bertz CT molecular complexity index is 2030. The molecule has 44 heavy (non-hydrogen) atoms. The zero-order chi connectivity index (χ0) is 30.0. The Balaban J connectivity index is 0.000000187. The van der Waals surface area contributed by atoms with Crippen molar-refractivity contribution in [3.05, 3.63) is 139 Å². The molecule has 3 aromatic heterocycles. The number of furan rings is 1. The third kappa shape index (κ3) is 6.66. The van der Waals surface area contributed by atoms with Crippen LogP contribution in [0.15, 0.2) is 120 Å². The Hall–Kier alpha value is -4.15. The van der Waals surface area contributed by atoms with Crippen molar-refractivity contribution in [2.45, 2.75) is 33.5 Å². The summed E-state index contributed by atoms with van der Waals surface area (Å²) in [4.78, 5) is 9.08. The van der Waals surface area contributed by atoms with Crippen molar-refractivity contribution in [3.63, 3.8) is 0 Å². The largest absolute Gasteiger partial charge is 0.501 e. The minimum absolute atomic E-state index is 0. The molecule has 0 atom stereocenters. The van der Waals surface area contributed by atoms with Crippen LogP contribution in [0.1, 0.15) is 11.1 Å². The van der Waals surface area contributed by atoms with E-state index in [1.807, 2.05) is 48.7 Å². The van der Waals surface area contributed by atoms with E-state index < -0.39 is 8.07 Å². The fourth-order valence-electron chi connectivity index (χ4n) is 5.46. The van der Waals surface area contributed by atoms with E-state index in [1.54, 1.807) is 0 Å². The van der Waals surface area contributed by atoms with Gasteiger partial charge >= 0.3 is 0 Å². The number of pyridine rings is 2. The molecule has 3 heterocycles. The van der Waals surface area contributed by atoms with Crippen LogP contribution in [0.3, 0.4) is 0 Å². The average Bonchev–Trinajstić information content (AvgIpc) is 3.40. The number of aryl methyl sites for hydroxylation is 2. The molecule has 0 unspecified atom stereocenters. The van der Waals surface area contributed by atoms with Gasteiger partial charge in [-0.25, -0.2) is 0 Å². The number of aromatic nitrogens is 2. The van der Waals surface area contributed by atoms with Crippen LogP contribution in [-0.2, 0) is 20.1 Å². The fraction of sp³-hybridized carbons (Fsp3) is 0.128. The minimum atomic E-state index is -1.27. The molecule has 0 bridgehead atoms. The molecule has 1 radical (unpaired) electrons. The van der Waals surface area contributed by atoms with Crippen molar-refractivity contribution in [2.75, 3.05) is 0 Å². The smallest absolute Gasteiger partial charge is 0.120 e. The summed E-state index contributed by atoms with van der Waals surface area (Å²) in [7, 11) is -1.27. The van der Waals surface area contributed by atoms with Crippen molar-refractivity contribution < 1.29 is 24.5 Å². The maximum Gasteiger partial charge on any atom is 0.120 e. The first-order valence-corrected chi connectivity index (χ1v) is 18.1. The second-order valence-corrected chi connectivity index (χ2v) is 16.9. The molecule has 0 spiro atoms. The molecule has 0 fully saturated rings. The van der Waals surface area contributed by atoms with Gasteiger partial charge in [-0.15, -0.1) is 54.1 Å². The standard InChI is InChI=1S/C24H16NO.C15H18NSi.Ir/c1-16-12-13-25-22(14-16)20-9-5-8-19-21-15-18(17-6-3-2-4-7-17)10-11-23(21)26-24(19)20;1-12-10-14(13-8-6-5-7-9-13)16-11-15(12)17(2,3)4;/h2-8,10-15H,1H3;5-8,10-11H,1-4H3;/q2*-1;. The van der Waals surface area contributed by atoms with Crippen LogP contribution >= 0.6 is 0 Å². The predicted octanol–water partition coefficient (Wildman–Crippen LogP) is 9.82. The van der Waals surface area contributed by atoms with Gasteiger partial charge in [0.2, 0.25) is 0 Å². The van der Waals surface area contributed by atoms with Gasteiger partial charge in [0.15, 0.2) is 0 Å². The molecule has 0 saturated heterocycles. The topological polar surface area (TPSA) is 38.9 Å². The first-order valence-electron chi connectivity index (χ1n) is 14.6. The van der Waals surface area contributed by atoms with Crippen LogP contribution in [0.25, 0.3) is 55.6 Å². The monoisotopic (exact) mass is 767 g/mol. The molecular weight excluding hydrogens is 733 g/mol. The molecule has 7 aromatic rings. The van der Waals surface area contributed by atoms with Crippen LogP contribution in [0.5, 0.6) is 0 Å². The zero-order valence-corrected chi connectivity index (χ0v) is 29.0. The molecule has 0 aliphatic heterocycles. The number of fused-ring (bicyclic) bond motifs is 3. The van der Waals surface area contributed by atoms with E-state index in [0.29, 0.717) is 0 Å². The number of benzene rings is 4. The summed E-state index contributed by atoms with van der Waals surface area (Å²) in [5.74, 6) is 0. The summed E-state index contributed by atoms with van der Waals surface area (Å²) in [5, 5.41) is 3.65. The molecule has 221 valence electrons. The van der Waals surface area contributed by atoms with Gasteiger partial charge in [0.25, 0.3) is 0 Å². The van der Waals surface area contributed by atoms with Crippen LogP contribution in [0.2, 0.25) is 19.6 Å². The van der Waals surface area contributed by atoms with Crippen molar-refractivity contribution in [3.8, 4) is 33.6 Å². The molecule has 7 rings (SSSR count). The first-order chi connectivity index (χ1) is 20.8. The summed E-state index contributed by atoms with van der Waals surface area (Å²) >= 11 is 0. The van der Waals surface area contributed by atoms with Gasteiger partial charge in [-0.1, -0.05) is 90.2 Å². The van der Waals surface area contributed by atoms with Gasteiger partial charge in [-0.05, 0) is 59.7 Å². The number of rotatable bonds is 4. The van der Waals surface area contributed by atoms with Gasteiger partial charge in [-0.3, -0.25) is 0 Å². The van der Waals surface area contributed by atoms with Crippen molar-refractivity contribution >= 4 is 35.2 Å². The van der Waals surface area contributed by atoms with E-state index >= 15 is 0 Å². The Kier molecular flexibility index (Phi) is 9.41. The van der Waals surface area contributed by atoms with Crippen molar-refractivity contribution in [1.82, 2.24) is 9.97 Å². The second-order valence-electron chi connectivity index (χ2n) is 11.9. The van der Waals surface area contributed by atoms with Gasteiger partial charge in [0.1, 0.15) is 5.58 Å². The fourth-order valence-corrected chi connectivity index (χ4v) is 7.16. The van der Waals surface area contributed by atoms with E-state index in [2.05, 4.69) is 122 Å². The van der Waals surface area contributed by atoms with E-state index in [-0.39, 0.29) is 20.1 Å². The molecule has 0 N–H and O–H groups in total. The first kappa shape index (κ1) is 31.3.